The zero-order valence-electron chi connectivity index (χ0n) is 13.8. The Morgan fingerprint density at radius 3 is 2.52 bits per heavy atom. The Labute approximate surface area is 138 Å². The van der Waals surface area contributed by atoms with Crippen molar-refractivity contribution >= 4 is 11.6 Å². The van der Waals surface area contributed by atoms with Crippen molar-refractivity contribution in [2.75, 3.05) is 13.1 Å². The molecule has 1 fully saturated rings. The predicted molar refractivity (Wildman–Crippen MR) is 97.1 cm³/mol. The third-order valence-corrected chi connectivity index (χ3v) is 4.65. The second kappa shape index (κ2) is 7.32. The summed E-state index contributed by atoms with van der Waals surface area (Å²) in [6.07, 6.45) is 3.29. The number of hydrogen-bond donors (Lipinski definition) is 1. The van der Waals surface area contributed by atoms with Gasteiger partial charge in [0.15, 0.2) is 5.96 Å². The van der Waals surface area contributed by atoms with Gasteiger partial charge in [-0.25, -0.2) is 4.99 Å². The van der Waals surface area contributed by atoms with Crippen molar-refractivity contribution in [3.05, 3.63) is 65.7 Å². The van der Waals surface area contributed by atoms with Crippen molar-refractivity contribution in [3.63, 3.8) is 0 Å². The molecule has 2 aromatic rings. The molecule has 120 valence electrons. The van der Waals surface area contributed by atoms with Crippen LogP contribution in [0.25, 0.3) is 0 Å². The van der Waals surface area contributed by atoms with Crippen LogP contribution in [0.5, 0.6) is 0 Å². The summed E-state index contributed by atoms with van der Waals surface area (Å²) < 4.78 is 0. The molecule has 0 amide bonds. The van der Waals surface area contributed by atoms with Crippen molar-refractivity contribution in [2.24, 2.45) is 10.7 Å². The normalized spacial score (nSPS) is 16.6. The zero-order chi connectivity index (χ0) is 16.1. The van der Waals surface area contributed by atoms with E-state index in [0.717, 1.165) is 38.0 Å². The number of nitrogens with zero attached hydrogens (tertiary/aromatic N) is 2. The van der Waals surface area contributed by atoms with E-state index in [2.05, 4.69) is 59.3 Å². The molecule has 0 spiro atoms. The lowest BCUT2D eigenvalue weighted by Crippen LogP contribution is -2.42. The Kier molecular flexibility index (Phi) is 4.96. The van der Waals surface area contributed by atoms with Gasteiger partial charge in [0.1, 0.15) is 0 Å². The molecule has 1 saturated heterocycles. The molecule has 0 unspecified atom stereocenters. The van der Waals surface area contributed by atoms with Crippen LogP contribution in [0.1, 0.15) is 36.8 Å². The monoisotopic (exact) mass is 307 g/mol. The van der Waals surface area contributed by atoms with E-state index >= 15 is 0 Å². The van der Waals surface area contributed by atoms with Crippen molar-refractivity contribution in [1.29, 1.82) is 0 Å². The summed E-state index contributed by atoms with van der Waals surface area (Å²) in [5.41, 5.74) is 9.92. The third-order valence-electron chi connectivity index (χ3n) is 4.65. The summed E-state index contributed by atoms with van der Waals surface area (Å²) in [6.45, 7) is 4.10. The highest BCUT2D eigenvalue weighted by Gasteiger charge is 2.21. The van der Waals surface area contributed by atoms with Gasteiger partial charge >= 0.3 is 0 Å². The van der Waals surface area contributed by atoms with Crippen molar-refractivity contribution < 1.29 is 0 Å². The van der Waals surface area contributed by atoms with E-state index in [1.165, 1.54) is 11.1 Å². The number of piperidine rings is 1. The van der Waals surface area contributed by atoms with E-state index in [4.69, 9.17) is 5.73 Å². The molecule has 0 aliphatic carbocycles. The molecule has 0 bridgehead atoms. The largest absolute Gasteiger partial charge is 0.369 e. The van der Waals surface area contributed by atoms with Gasteiger partial charge in [-0.05, 0) is 48.4 Å². The van der Waals surface area contributed by atoms with Gasteiger partial charge < -0.3 is 10.6 Å². The van der Waals surface area contributed by atoms with Crippen LogP contribution in [-0.4, -0.2) is 23.9 Å². The fourth-order valence-corrected chi connectivity index (χ4v) is 3.22. The minimum absolute atomic E-state index is 0.642. The van der Waals surface area contributed by atoms with E-state index in [0.29, 0.717) is 11.9 Å². The fourth-order valence-electron chi connectivity index (χ4n) is 3.22. The Morgan fingerprint density at radius 2 is 1.83 bits per heavy atom. The summed E-state index contributed by atoms with van der Waals surface area (Å²) in [4.78, 5) is 6.82. The van der Waals surface area contributed by atoms with E-state index in [9.17, 15) is 0 Å². The number of hydrogen-bond acceptors (Lipinski definition) is 1. The second-order valence-electron chi connectivity index (χ2n) is 6.17. The lowest BCUT2D eigenvalue weighted by Gasteiger charge is -2.32. The van der Waals surface area contributed by atoms with Crippen LogP contribution < -0.4 is 5.73 Å². The van der Waals surface area contributed by atoms with Crippen LogP contribution in [0, 0.1) is 0 Å². The summed E-state index contributed by atoms with van der Waals surface area (Å²) in [5.74, 6) is 1.29. The lowest BCUT2D eigenvalue weighted by atomic mass is 9.90. The summed E-state index contributed by atoms with van der Waals surface area (Å²) in [5, 5.41) is 0. The first-order valence-electron chi connectivity index (χ1n) is 8.49. The maximum Gasteiger partial charge on any atom is 0.196 e. The second-order valence-corrected chi connectivity index (χ2v) is 6.17. The van der Waals surface area contributed by atoms with Gasteiger partial charge in [-0.3, -0.25) is 0 Å². The van der Waals surface area contributed by atoms with Crippen LogP contribution >= 0.6 is 0 Å². The van der Waals surface area contributed by atoms with Crippen LogP contribution in [0.15, 0.2) is 59.6 Å². The quantitative estimate of drug-likeness (QED) is 0.686. The predicted octanol–water partition coefficient (Wildman–Crippen LogP) is 4.07. The van der Waals surface area contributed by atoms with Crippen LogP contribution in [0.2, 0.25) is 0 Å². The minimum atomic E-state index is 0.642. The molecule has 2 N–H and O–H groups in total. The Balaban J connectivity index is 1.63. The topological polar surface area (TPSA) is 41.6 Å². The highest BCUT2D eigenvalue weighted by atomic mass is 15.3. The summed E-state index contributed by atoms with van der Waals surface area (Å²) in [7, 11) is 0. The Hall–Kier alpha value is -2.29. The van der Waals surface area contributed by atoms with Gasteiger partial charge in [0.25, 0.3) is 0 Å². The van der Waals surface area contributed by atoms with E-state index in [1.54, 1.807) is 0 Å². The summed E-state index contributed by atoms with van der Waals surface area (Å²) >= 11 is 0. The van der Waals surface area contributed by atoms with Crippen molar-refractivity contribution in [3.8, 4) is 0 Å². The lowest BCUT2D eigenvalue weighted by molar-refractivity contribution is 0.310. The van der Waals surface area contributed by atoms with Crippen LogP contribution in [-0.2, 0) is 6.42 Å². The number of aliphatic imine (C=N–C) groups is 1. The van der Waals surface area contributed by atoms with E-state index in [1.807, 2.05) is 12.1 Å². The van der Waals surface area contributed by atoms with Crippen LogP contribution in [0.4, 0.5) is 5.69 Å². The molecule has 3 nitrogen and oxygen atoms in total. The number of nitrogens with two attached hydrogens (primary N) is 1. The van der Waals surface area contributed by atoms with E-state index in [-0.39, 0.29) is 0 Å². The molecule has 1 aliphatic rings. The number of likely N-dealkylation sites (tertiary alicyclic amines) is 1. The average Bonchev–Trinajstić information content (AvgIpc) is 2.63. The van der Waals surface area contributed by atoms with Crippen molar-refractivity contribution in [2.45, 2.75) is 32.1 Å². The standard InChI is InChI=1S/C20H25N3/c1-2-16-7-6-10-19(15-16)22-20(21)23-13-11-18(12-14-23)17-8-4-3-5-9-17/h3-10,15,18H,2,11-14H2,1H3,(H2,21,22). The molecular weight excluding hydrogens is 282 g/mol. The van der Waals surface area contributed by atoms with E-state index < -0.39 is 0 Å². The highest BCUT2D eigenvalue weighted by molar-refractivity contribution is 5.81. The molecular formula is C20H25N3. The van der Waals surface area contributed by atoms with Gasteiger partial charge in [-0.15, -0.1) is 0 Å². The maximum absolute atomic E-state index is 6.23. The van der Waals surface area contributed by atoms with Gasteiger partial charge in [0.2, 0.25) is 0 Å². The first kappa shape index (κ1) is 15.6. The first-order valence-corrected chi connectivity index (χ1v) is 8.49. The Bertz CT molecular complexity index is 656. The molecule has 0 radical (unpaired) electrons. The van der Waals surface area contributed by atoms with Gasteiger partial charge in [-0.2, -0.15) is 0 Å². The molecule has 0 aromatic heterocycles. The zero-order valence-corrected chi connectivity index (χ0v) is 13.8. The van der Waals surface area contributed by atoms with Crippen molar-refractivity contribution in [1.82, 2.24) is 4.90 Å². The van der Waals surface area contributed by atoms with Gasteiger partial charge in [-0.1, -0.05) is 49.4 Å². The Morgan fingerprint density at radius 1 is 1.09 bits per heavy atom. The minimum Gasteiger partial charge on any atom is -0.369 e. The smallest absolute Gasteiger partial charge is 0.196 e. The first-order chi connectivity index (χ1) is 11.3. The molecule has 23 heavy (non-hydrogen) atoms. The molecule has 1 heterocycles. The number of guanidine groups is 1. The molecule has 3 heteroatoms. The fraction of sp³-hybridized carbons (Fsp3) is 0.350. The molecule has 0 atom stereocenters. The van der Waals surface area contributed by atoms with Crippen LogP contribution in [0.3, 0.4) is 0 Å². The highest BCUT2D eigenvalue weighted by Crippen LogP contribution is 2.27. The van der Waals surface area contributed by atoms with Gasteiger partial charge in [0.05, 0.1) is 5.69 Å². The maximum atomic E-state index is 6.23. The molecule has 2 aromatic carbocycles. The SMILES string of the molecule is CCc1cccc(N=C(N)N2CCC(c3ccccc3)CC2)c1. The molecule has 1 aliphatic heterocycles. The summed E-state index contributed by atoms with van der Waals surface area (Å²) in [6, 6.07) is 19.1. The van der Waals surface area contributed by atoms with Gasteiger partial charge in [0, 0.05) is 13.1 Å². The third kappa shape index (κ3) is 3.92. The number of benzene rings is 2. The number of rotatable bonds is 3. The number of aryl methyl sites for hydroxylation is 1. The molecule has 3 rings (SSSR count). The average molecular weight is 307 g/mol. The molecule has 0 saturated carbocycles.